The van der Waals surface area contributed by atoms with Crippen LogP contribution in [0.25, 0.3) is 66.8 Å². The first-order valence-corrected chi connectivity index (χ1v) is 25.0. The molecule has 1 aliphatic rings. The number of nitrogens with zero attached hydrogens (tertiary/aromatic N) is 2. The summed E-state index contributed by atoms with van der Waals surface area (Å²) in [5.41, 5.74) is 21.2. The zero-order valence-corrected chi connectivity index (χ0v) is 42.5. The predicted molar refractivity (Wildman–Crippen MR) is 301 cm³/mol. The first-order valence-electron chi connectivity index (χ1n) is 23.0. The predicted octanol–water partition coefficient (Wildman–Crippen LogP) is 17.7. The minimum Gasteiger partial charge on any atom is -0.512 e. The van der Waals surface area contributed by atoms with E-state index in [4.69, 9.17) is 15.1 Å². The Morgan fingerprint density at radius 1 is 0.486 bits per heavy atom. The second-order valence-electron chi connectivity index (χ2n) is 17.3. The summed E-state index contributed by atoms with van der Waals surface area (Å²) in [4.78, 5) is 21.3. The molecule has 356 valence electrons. The van der Waals surface area contributed by atoms with Crippen LogP contribution in [-0.2, 0) is 27.8 Å². The molecule has 8 aromatic carbocycles. The summed E-state index contributed by atoms with van der Waals surface area (Å²) in [6.07, 6.45) is 1.17. The average molecular weight is 1000 g/mol. The summed E-state index contributed by atoms with van der Waals surface area (Å²) in [5, 5.41) is 10.3. The first-order chi connectivity index (χ1) is 33.0. The van der Waals surface area contributed by atoms with Crippen molar-refractivity contribution in [1.82, 2.24) is 0 Å². The van der Waals surface area contributed by atoms with E-state index in [1.807, 2.05) is 23.5 Å². The number of aliphatic hydroxyl groups is 1. The molecule has 9 rings (SSSR count). The Morgan fingerprint density at radius 2 is 0.829 bits per heavy atom. The van der Waals surface area contributed by atoms with Gasteiger partial charge in [-0.05, 0) is 127 Å². The Kier molecular flexibility index (Phi) is 18.8. The second kappa shape index (κ2) is 24.9. The summed E-state index contributed by atoms with van der Waals surface area (Å²) in [5.74, 6) is 1.89. The van der Waals surface area contributed by atoms with E-state index >= 15 is 0 Å². The fraction of sp³-hybridized carbons (Fsp3) is 0.159. The van der Waals surface area contributed by atoms with Crippen molar-refractivity contribution in [2.45, 2.75) is 55.5 Å². The van der Waals surface area contributed by atoms with Crippen molar-refractivity contribution < 1.29 is 26.4 Å². The molecule has 1 fully saturated rings. The normalized spacial score (nSPS) is 13.4. The molecule has 1 aliphatic heterocycles. The van der Waals surface area contributed by atoms with Crippen LogP contribution in [0.2, 0.25) is 0 Å². The molecule has 4 nitrogen and oxygen atoms in total. The SMILES string of the molecule is C.CC(=O)C=C(C)O.Cc1ccc(-c2cc(-c3ccccc3)cc(-c3ccc(C)cc3)c2CN=C2SCCSC2=Nc2c(-c3ccc(C)cc3)cc(-c3ccccc3)cc2-c2ccc(C)cc2)cc1.[Ni]. The number of ketones is 1. The quantitative estimate of drug-likeness (QED) is 0.0842. The van der Waals surface area contributed by atoms with Gasteiger partial charge in [-0.1, -0.05) is 187 Å². The van der Waals surface area contributed by atoms with Gasteiger partial charge in [-0.15, -0.1) is 23.5 Å². The molecular weight excluding hydrogens is 940 g/mol. The number of benzene rings is 8. The molecule has 0 radical (unpaired) electrons. The molecule has 7 heteroatoms. The number of hydrogen-bond acceptors (Lipinski definition) is 6. The van der Waals surface area contributed by atoms with Gasteiger partial charge in [0.2, 0.25) is 0 Å². The van der Waals surface area contributed by atoms with Gasteiger partial charge in [0.1, 0.15) is 10.1 Å². The van der Waals surface area contributed by atoms with Gasteiger partial charge in [-0.3, -0.25) is 9.79 Å². The molecule has 70 heavy (non-hydrogen) atoms. The smallest absolute Gasteiger partial charge is 0.155 e. The number of thioether (sulfide) groups is 2. The van der Waals surface area contributed by atoms with Crippen LogP contribution in [-0.4, -0.2) is 32.5 Å². The minimum absolute atomic E-state index is 0. The Morgan fingerprint density at radius 3 is 1.17 bits per heavy atom. The number of hydrogen-bond donors (Lipinski definition) is 1. The van der Waals surface area contributed by atoms with Crippen LogP contribution >= 0.6 is 23.5 Å². The van der Waals surface area contributed by atoms with Crippen LogP contribution < -0.4 is 0 Å². The van der Waals surface area contributed by atoms with Crippen molar-refractivity contribution >= 4 is 45.1 Å². The number of allylic oxidation sites excluding steroid dienone is 2. The van der Waals surface area contributed by atoms with Crippen molar-refractivity contribution in [2.24, 2.45) is 9.98 Å². The van der Waals surface area contributed by atoms with Gasteiger partial charge in [0.05, 0.1) is 18.0 Å². The minimum atomic E-state index is -0.125. The number of carbonyl (C=O) groups excluding carboxylic acids is 1. The monoisotopic (exact) mass is 998 g/mol. The van der Waals surface area contributed by atoms with E-state index in [2.05, 4.69) is 210 Å². The molecule has 0 aromatic heterocycles. The third-order valence-corrected chi connectivity index (χ3v) is 14.1. The summed E-state index contributed by atoms with van der Waals surface area (Å²) < 4.78 is 0. The van der Waals surface area contributed by atoms with E-state index in [9.17, 15) is 4.79 Å². The second-order valence-corrected chi connectivity index (χ2v) is 19.5. The van der Waals surface area contributed by atoms with Gasteiger partial charge in [0.25, 0.3) is 0 Å². The molecule has 0 atom stereocenters. The standard InChI is InChI=1S/C57H48N2S2.C5H8O2.CH4.Ni/c1-38-15-23-44(24-16-38)50-33-48(42-11-7-5-8-12-42)34-51(45-25-17-39(2)18-26-45)54(50)37-58-56-57(61-32-31-60-56)59-55-52(46-27-19-40(3)20-28-46)35-49(43-13-9-6-10-14-43)36-53(55)47-29-21-41(4)22-30-47;1-4(6)3-5(2)7;;/h5-30,33-36H,31-32,37H2,1-4H3;3,6H,1-2H3;1H4;. The average Bonchev–Trinajstić information content (AvgIpc) is 3.35. The van der Waals surface area contributed by atoms with Crippen molar-refractivity contribution in [1.29, 1.82) is 0 Å². The van der Waals surface area contributed by atoms with Gasteiger partial charge in [-0.25, -0.2) is 4.99 Å². The first kappa shape index (κ1) is 52.9. The summed E-state index contributed by atoms with van der Waals surface area (Å²) in [7, 11) is 0. The van der Waals surface area contributed by atoms with Gasteiger partial charge < -0.3 is 5.11 Å². The van der Waals surface area contributed by atoms with Gasteiger partial charge in [-0.2, -0.15) is 0 Å². The van der Waals surface area contributed by atoms with Crippen LogP contribution in [0.1, 0.15) is 49.1 Å². The van der Waals surface area contributed by atoms with E-state index in [1.165, 1.54) is 92.2 Å². The van der Waals surface area contributed by atoms with Gasteiger partial charge >= 0.3 is 0 Å². The molecule has 1 heterocycles. The topological polar surface area (TPSA) is 62.0 Å². The maximum absolute atomic E-state index is 10.0. The third-order valence-electron chi connectivity index (χ3n) is 11.8. The Hall–Kier alpha value is -6.50. The number of aliphatic imine (C=N–C) groups is 2. The Bertz CT molecular complexity index is 2990. The molecule has 0 saturated carbocycles. The molecule has 0 spiro atoms. The molecule has 1 N–H and O–H groups in total. The van der Waals surface area contributed by atoms with Crippen LogP contribution in [0.4, 0.5) is 5.69 Å². The fourth-order valence-electron chi connectivity index (χ4n) is 8.22. The molecule has 0 aliphatic carbocycles. The molecule has 0 bridgehead atoms. The summed E-state index contributed by atoms with van der Waals surface area (Å²) in [6, 6.07) is 66.4. The molecular formula is C63H60N2NiO2S2. The summed E-state index contributed by atoms with van der Waals surface area (Å²) >= 11 is 3.64. The number of aryl methyl sites for hydroxylation is 4. The largest absolute Gasteiger partial charge is 0.512 e. The van der Waals surface area contributed by atoms with Gasteiger partial charge in [0, 0.05) is 45.2 Å². The number of aliphatic hydroxyl groups excluding tert-OH is 1. The number of rotatable bonds is 10. The summed E-state index contributed by atoms with van der Waals surface area (Å²) in [6.45, 7) is 12.0. The van der Waals surface area contributed by atoms with E-state index < -0.39 is 0 Å². The van der Waals surface area contributed by atoms with Crippen molar-refractivity contribution in [2.75, 3.05) is 11.5 Å². The Balaban J connectivity index is 0.000000832. The fourth-order valence-corrected chi connectivity index (χ4v) is 10.3. The van der Waals surface area contributed by atoms with E-state index in [1.54, 1.807) is 0 Å². The van der Waals surface area contributed by atoms with Crippen molar-refractivity contribution in [3.63, 3.8) is 0 Å². The maximum atomic E-state index is 10.0. The molecule has 1 saturated heterocycles. The van der Waals surface area contributed by atoms with Crippen LogP contribution in [0, 0.1) is 27.7 Å². The van der Waals surface area contributed by atoms with E-state index in [0.29, 0.717) is 6.54 Å². The number of carbonyl (C=O) groups is 1. The van der Waals surface area contributed by atoms with Crippen molar-refractivity contribution in [3.8, 4) is 66.8 Å². The Labute approximate surface area is 434 Å². The van der Waals surface area contributed by atoms with Crippen molar-refractivity contribution in [3.05, 3.63) is 222 Å². The third kappa shape index (κ3) is 13.4. The zero-order chi connectivity index (χ0) is 47.6. The van der Waals surface area contributed by atoms with E-state index in [-0.39, 0.29) is 35.5 Å². The van der Waals surface area contributed by atoms with Crippen LogP contribution in [0.3, 0.4) is 0 Å². The van der Waals surface area contributed by atoms with E-state index in [0.717, 1.165) is 49.5 Å². The maximum Gasteiger partial charge on any atom is 0.155 e. The molecule has 0 unspecified atom stereocenters. The van der Waals surface area contributed by atoms with Crippen LogP contribution in [0.5, 0.6) is 0 Å². The molecule has 8 aromatic rings. The zero-order valence-electron chi connectivity index (χ0n) is 39.9. The van der Waals surface area contributed by atoms with Gasteiger partial charge in [0.15, 0.2) is 5.78 Å². The molecule has 0 amide bonds. The van der Waals surface area contributed by atoms with Crippen LogP contribution in [0.15, 0.2) is 204 Å².